The van der Waals surface area contributed by atoms with E-state index in [1.165, 1.54) is 16.2 Å². The number of carbonyl (C=O) groups is 2. The molecule has 1 amide bonds. The summed E-state index contributed by atoms with van der Waals surface area (Å²) < 4.78 is 1.96. The molecule has 10 heteroatoms. The lowest BCUT2D eigenvalue weighted by Crippen LogP contribution is -2.33. The number of thioether (sulfide) groups is 1. The van der Waals surface area contributed by atoms with Crippen LogP contribution >= 0.6 is 24.0 Å². The first-order valence-electron chi connectivity index (χ1n) is 11.2. The fourth-order valence-corrected chi connectivity index (χ4v) is 5.40. The number of carboxylic acid groups (broad SMARTS) is 1. The topological polar surface area (TPSA) is 95.2 Å². The van der Waals surface area contributed by atoms with Crippen LogP contribution in [-0.2, 0) is 9.59 Å². The zero-order valence-electron chi connectivity index (χ0n) is 18.2. The molecule has 4 heterocycles. The van der Waals surface area contributed by atoms with Crippen LogP contribution in [0, 0.1) is 0 Å². The summed E-state index contributed by atoms with van der Waals surface area (Å²) in [5, 5.41) is 8.76. The molecular weight excluding hydrogens is 460 g/mol. The van der Waals surface area contributed by atoms with E-state index in [-0.39, 0.29) is 17.9 Å². The Morgan fingerprint density at radius 3 is 2.70 bits per heavy atom. The number of carboxylic acids is 1. The molecule has 0 saturated carbocycles. The maximum Gasteiger partial charge on any atom is 0.303 e. The summed E-state index contributed by atoms with van der Waals surface area (Å²) in [6, 6.07) is 5.44. The third kappa shape index (κ3) is 5.27. The Kier molecular flexibility index (Phi) is 7.44. The molecule has 0 aliphatic carbocycles. The first-order valence-corrected chi connectivity index (χ1v) is 12.4. The molecule has 174 valence electrons. The van der Waals surface area contributed by atoms with E-state index in [0.29, 0.717) is 52.1 Å². The Labute approximate surface area is 201 Å². The van der Waals surface area contributed by atoms with Crippen LogP contribution in [0.3, 0.4) is 0 Å². The lowest BCUT2D eigenvalue weighted by Gasteiger charge is -2.29. The van der Waals surface area contributed by atoms with Gasteiger partial charge in [-0.05, 0) is 50.3 Å². The van der Waals surface area contributed by atoms with Crippen LogP contribution in [0.2, 0.25) is 0 Å². The molecule has 0 aromatic carbocycles. The summed E-state index contributed by atoms with van der Waals surface area (Å²) >= 11 is 6.62. The van der Waals surface area contributed by atoms with Crippen LogP contribution in [0.5, 0.6) is 0 Å². The van der Waals surface area contributed by atoms with Gasteiger partial charge in [0.15, 0.2) is 0 Å². The Balaban J connectivity index is 1.61. The highest BCUT2D eigenvalue weighted by molar-refractivity contribution is 8.26. The van der Waals surface area contributed by atoms with Gasteiger partial charge in [0.05, 0.1) is 10.5 Å². The standard InChI is InChI=1S/C23H26N4O4S2/c28-19(29)10-3-1-7-14-27-22(31)17(33-23(27)32)15-16-20(25-11-5-2-6-12-25)24-18-9-4-8-13-26(18)21(16)30/h4,8-9,13,15H,1-3,5-7,10-12,14H2,(H,28,29). The molecule has 0 radical (unpaired) electrons. The fraction of sp³-hybridized carbons (Fsp3) is 0.435. The highest BCUT2D eigenvalue weighted by Gasteiger charge is 2.32. The van der Waals surface area contributed by atoms with E-state index < -0.39 is 5.97 Å². The number of pyridine rings is 1. The van der Waals surface area contributed by atoms with Gasteiger partial charge in [0.25, 0.3) is 11.5 Å². The van der Waals surface area contributed by atoms with E-state index in [9.17, 15) is 14.4 Å². The summed E-state index contributed by atoms with van der Waals surface area (Å²) in [7, 11) is 0. The number of thiocarbonyl (C=S) groups is 1. The van der Waals surface area contributed by atoms with Crippen LogP contribution < -0.4 is 10.5 Å². The molecule has 2 aromatic heterocycles. The summed E-state index contributed by atoms with van der Waals surface area (Å²) in [6.07, 6.45) is 8.63. The van der Waals surface area contributed by atoms with Gasteiger partial charge in [-0.3, -0.25) is 23.7 Å². The van der Waals surface area contributed by atoms with Crippen molar-refractivity contribution < 1.29 is 14.7 Å². The van der Waals surface area contributed by atoms with Crippen molar-refractivity contribution in [2.24, 2.45) is 0 Å². The summed E-state index contributed by atoms with van der Waals surface area (Å²) in [4.78, 5) is 46.0. The maximum atomic E-state index is 13.4. The average molecular weight is 487 g/mol. The molecule has 2 aromatic rings. The zero-order chi connectivity index (χ0) is 23.4. The van der Waals surface area contributed by atoms with Crippen molar-refractivity contribution in [1.29, 1.82) is 0 Å². The van der Waals surface area contributed by atoms with Crippen LogP contribution in [-0.4, -0.2) is 55.2 Å². The molecule has 33 heavy (non-hydrogen) atoms. The number of unbranched alkanes of at least 4 members (excludes halogenated alkanes) is 2. The molecule has 2 fully saturated rings. The molecule has 0 atom stereocenters. The molecule has 0 unspecified atom stereocenters. The van der Waals surface area contributed by atoms with Crippen molar-refractivity contribution in [2.45, 2.75) is 44.9 Å². The largest absolute Gasteiger partial charge is 0.481 e. The average Bonchev–Trinajstić information content (AvgIpc) is 3.08. The first-order chi connectivity index (χ1) is 16.0. The molecular formula is C23H26N4O4S2. The van der Waals surface area contributed by atoms with Crippen LogP contribution in [0.25, 0.3) is 11.7 Å². The van der Waals surface area contributed by atoms with Crippen molar-refractivity contribution in [2.75, 3.05) is 24.5 Å². The number of fused-ring (bicyclic) bond motifs is 1. The third-order valence-corrected chi connectivity index (χ3v) is 7.20. The number of piperidine rings is 1. The Morgan fingerprint density at radius 2 is 1.94 bits per heavy atom. The number of aliphatic carboxylic acids is 1. The van der Waals surface area contributed by atoms with E-state index in [1.54, 1.807) is 23.2 Å². The van der Waals surface area contributed by atoms with Crippen LogP contribution in [0.1, 0.15) is 50.5 Å². The van der Waals surface area contributed by atoms with Gasteiger partial charge in [-0.2, -0.15) is 0 Å². The second-order valence-electron chi connectivity index (χ2n) is 8.17. The first kappa shape index (κ1) is 23.4. The number of rotatable bonds is 8. The molecule has 0 spiro atoms. The third-order valence-electron chi connectivity index (χ3n) is 5.83. The Hall–Kier alpha value is -2.72. The van der Waals surface area contributed by atoms with E-state index in [1.807, 2.05) is 12.1 Å². The van der Waals surface area contributed by atoms with Gasteiger partial charge in [-0.15, -0.1) is 0 Å². The quantitative estimate of drug-likeness (QED) is 0.344. The highest BCUT2D eigenvalue weighted by atomic mass is 32.2. The number of carbonyl (C=O) groups excluding carboxylic acids is 1. The van der Waals surface area contributed by atoms with Crippen LogP contribution in [0.4, 0.5) is 5.82 Å². The Morgan fingerprint density at radius 1 is 1.15 bits per heavy atom. The number of hydrogen-bond acceptors (Lipinski definition) is 7. The monoisotopic (exact) mass is 486 g/mol. The van der Waals surface area contributed by atoms with Gasteiger partial charge in [0.1, 0.15) is 15.8 Å². The summed E-state index contributed by atoms with van der Waals surface area (Å²) in [5.74, 6) is -0.418. The van der Waals surface area contributed by atoms with E-state index >= 15 is 0 Å². The van der Waals surface area contributed by atoms with Gasteiger partial charge in [-0.25, -0.2) is 4.98 Å². The highest BCUT2D eigenvalue weighted by Crippen LogP contribution is 2.34. The van der Waals surface area contributed by atoms with E-state index in [2.05, 4.69) is 4.90 Å². The minimum atomic E-state index is -0.816. The number of aromatic nitrogens is 2. The summed E-state index contributed by atoms with van der Waals surface area (Å²) in [5.41, 5.74) is 0.775. The second kappa shape index (κ2) is 10.5. The number of anilines is 1. The Bertz CT molecular complexity index is 1170. The molecule has 2 aliphatic rings. The minimum absolute atomic E-state index is 0.122. The van der Waals surface area contributed by atoms with Gasteiger partial charge in [0, 0.05) is 32.3 Å². The van der Waals surface area contributed by atoms with Crippen molar-refractivity contribution in [3.8, 4) is 0 Å². The van der Waals surface area contributed by atoms with Gasteiger partial charge >= 0.3 is 5.97 Å². The minimum Gasteiger partial charge on any atom is -0.481 e. The molecule has 2 saturated heterocycles. The fourth-order valence-electron chi connectivity index (χ4n) is 4.11. The normalized spacial score (nSPS) is 18.0. The van der Waals surface area contributed by atoms with Crippen molar-refractivity contribution >= 4 is 57.7 Å². The van der Waals surface area contributed by atoms with Crippen molar-refractivity contribution in [3.05, 3.63) is 45.2 Å². The molecule has 0 bridgehead atoms. The molecule has 4 rings (SSSR count). The number of amides is 1. The second-order valence-corrected chi connectivity index (χ2v) is 9.84. The van der Waals surface area contributed by atoms with Gasteiger partial charge in [0.2, 0.25) is 0 Å². The van der Waals surface area contributed by atoms with Crippen molar-refractivity contribution in [1.82, 2.24) is 14.3 Å². The lowest BCUT2D eigenvalue weighted by molar-refractivity contribution is -0.137. The molecule has 1 N–H and O–H groups in total. The van der Waals surface area contributed by atoms with Crippen LogP contribution in [0.15, 0.2) is 34.1 Å². The predicted molar refractivity (Wildman–Crippen MR) is 134 cm³/mol. The lowest BCUT2D eigenvalue weighted by atomic mass is 10.1. The van der Waals surface area contributed by atoms with E-state index in [0.717, 1.165) is 32.4 Å². The SMILES string of the molecule is O=C(O)CCCCCN1C(=O)C(=Cc2c(N3CCCCC3)nc3ccccn3c2=O)SC1=S. The van der Waals surface area contributed by atoms with E-state index in [4.69, 9.17) is 22.3 Å². The summed E-state index contributed by atoms with van der Waals surface area (Å²) in [6.45, 7) is 2.09. The van der Waals surface area contributed by atoms with Gasteiger partial charge < -0.3 is 10.0 Å². The molecule has 8 nitrogen and oxygen atoms in total. The molecule has 2 aliphatic heterocycles. The zero-order valence-corrected chi connectivity index (χ0v) is 19.9. The predicted octanol–water partition coefficient (Wildman–Crippen LogP) is 3.53. The van der Waals surface area contributed by atoms with Gasteiger partial charge in [-0.1, -0.05) is 36.5 Å². The number of hydrogen-bond donors (Lipinski definition) is 1. The maximum absolute atomic E-state index is 13.4. The smallest absolute Gasteiger partial charge is 0.303 e. The van der Waals surface area contributed by atoms with Crippen molar-refractivity contribution in [3.63, 3.8) is 0 Å². The number of nitrogens with zero attached hydrogens (tertiary/aromatic N) is 4.